The van der Waals surface area contributed by atoms with Crippen LogP contribution in [-0.2, 0) is 4.79 Å². The van der Waals surface area contributed by atoms with Crippen molar-refractivity contribution in [1.82, 2.24) is 10.6 Å². The van der Waals surface area contributed by atoms with Crippen LogP contribution in [0.15, 0.2) is 18.2 Å². The van der Waals surface area contributed by atoms with Crippen molar-refractivity contribution in [1.29, 1.82) is 0 Å². The van der Waals surface area contributed by atoms with Gasteiger partial charge in [-0.2, -0.15) is 0 Å². The van der Waals surface area contributed by atoms with Crippen LogP contribution in [0.2, 0.25) is 0 Å². The van der Waals surface area contributed by atoms with Crippen molar-refractivity contribution in [2.45, 2.75) is 12.8 Å². The fourth-order valence-electron chi connectivity index (χ4n) is 2.14. The molecule has 0 spiro atoms. The van der Waals surface area contributed by atoms with E-state index >= 15 is 0 Å². The molecule has 1 aliphatic rings. The van der Waals surface area contributed by atoms with Crippen LogP contribution < -0.4 is 15.4 Å². The van der Waals surface area contributed by atoms with Gasteiger partial charge in [0.05, 0.1) is 6.54 Å². The Morgan fingerprint density at radius 1 is 1.30 bits per heavy atom. The Morgan fingerprint density at radius 2 is 2.05 bits per heavy atom. The number of piperidine rings is 1. The average molecular weight is 284 g/mol. The third-order valence-electron chi connectivity index (χ3n) is 3.27. The Labute approximate surface area is 116 Å². The van der Waals surface area contributed by atoms with Gasteiger partial charge >= 0.3 is 0 Å². The second kappa shape index (κ2) is 7.19. The highest BCUT2D eigenvalue weighted by molar-refractivity contribution is 5.78. The van der Waals surface area contributed by atoms with Gasteiger partial charge in [-0.1, -0.05) is 0 Å². The summed E-state index contributed by atoms with van der Waals surface area (Å²) in [7, 11) is 0. The monoisotopic (exact) mass is 284 g/mol. The fourth-order valence-corrected chi connectivity index (χ4v) is 2.14. The lowest BCUT2D eigenvalue weighted by molar-refractivity contribution is -0.125. The molecule has 0 aliphatic carbocycles. The number of rotatable bonds is 5. The van der Waals surface area contributed by atoms with Crippen LogP contribution in [0.25, 0.3) is 0 Å². The third kappa shape index (κ3) is 4.16. The zero-order valence-corrected chi connectivity index (χ0v) is 11.1. The Bertz CT molecular complexity index is 462. The smallest absolute Gasteiger partial charge is 0.223 e. The maximum absolute atomic E-state index is 12.9. The first-order valence-electron chi connectivity index (χ1n) is 6.73. The normalized spacial score (nSPS) is 15.9. The quantitative estimate of drug-likeness (QED) is 0.805. The largest absolute Gasteiger partial charge is 0.492 e. The second-order valence-corrected chi connectivity index (χ2v) is 4.74. The van der Waals surface area contributed by atoms with E-state index in [1.165, 1.54) is 6.07 Å². The molecule has 1 aliphatic heterocycles. The number of carbonyl (C=O) groups excluding carboxylic acids is 1. The summed E-state index contributed by atoms with van der Waals surface area (Å²) in [6.07, 6.45) is 1.69. The van der Waals surface area contributed by atoms with Crippen molar-refractivity contribution < 1.29 is 18.3 Å². The minimum Gasteiger partial charge on any atom is -0.492 e. The molecule has 0 atom stereocenters. The van der Waals surface area contributed by atoms with Gasteiger partial charge in [0, 0.05) is 12.0 Å². The van der Waals surface area contributed by atoms with Crippen LogP contribution >= 0.6 is 0 Å². The Morgan fingerprint density at radius 3 is 2.75 bits per heavy atom. The summed E-state index contributed by atoms with van der Waals surface area (Å²) in [5.74, 6) is -1.52. The predicted molar refractivity (Wildman–Crippen MR) is 70.5 cm³/mol. The lowest BCUT2D eigenvalue weighted by Crippen LogP contribution is -2.39. The van der Waals surface area contributed by atoms with Crippen LogP contribution in [0.5, 0.6) is 5.75 Å². The van der Waals surface area contributed by atoms with Gasteiger partial charge in [0.25, 0.3) is 0 Å². The minimum atomic E-state index is -0.943. The molecule has 0 bridgehead atoms. The number of hydrogen-bond acceptors (Lipinski definition) is 3. The molecule has 0 radical (unpaired) electrons. The molecular formula is C14H18F2N2O2. The van der Waals surface area contributed by atoms with Crippen LogP contribution in [-0.4, -0.2) is 32.1 Å². The van der Waals surface area contributed by atoms with Gasteiger partial charge in [-0.15, -0.1) is 0 Å². The minimum absolute atomic E-state index is 0.0281. The first kappa shape index (κ1) is 14.7. The molecule has 2 rings (SSSR count). The topological polar surface area (TPSA) is 50.4 Å². The number of benzene rings is 1. The molecular weight excluding hydrogens is 266 g/mol. The highest BCUT2D eigenvalue weighted by Gasteiger charge is 2.20. The molecule has 6 heteroatoms. The van der Waals surface area contributed by atoms with Crippen molar-refractivity contribution in [3.8, 4) is 5.75 Å². The van der Waals surface area contributed by atoms with Gasteiger partial charge in [-0.3, -0.25) is 4.79 Å². The standard InChI is InChI=1S/C14H18F2N2O2/c15-12-2-1-11(9-13(12)16)20-8-7-18-14(19)10-3-5-17-6-4-10/h1-2,9-10,17H,3-8H2,(H,18,19). The van der Waals surface area contributed by atoms with Crippen LogP contribution in [0.1, 0.15) is 12.8 Å². The average Bonchev–Trinajstić information content (AvgIpc) is 2.48. The van der Waals surface area contributed by atoms with Gasteiger partial charge in [0.2, 0.25) is 5.91 Å². The number of nitrogens with one attached hydrogen (secondary N) is 2. The van der Waals surface area contributed by atoms with Gasteiger partial charge < -0.3 is 15.4 Å². The summed E-state index contributed by atoms with van der Waals surface area (Å²) in [5.41, 5.74) is 0. The molecule has 1 saturated heterocycles. The first-order valence-corrected chi connectivity index (χ1v) is 6.73. The zero-order chi connectivity index (χ0) is 14.4. The highest BCUT2D eigenvalue weighted by atomic mass is 19.2. The van der Waals surface area contributed by atoms with Crippen molar-refractivity contribution in [3.05, 3.63) is 29.8 Å². The van der Waals surface area contributed by atoms with E-state index in [4.69, 9.17) is 4.74 Å². The number of halogens is 2. The summed E-state index contributed by atoms with van der Waals surface area (Å²) in [4.78, 5) is 11.8. The van der Waals surface area contributed by atoms with E-state index in [1.54, 1.807) is 0 Å². The number of amides is 1. The van der Waals surface area contributed by atoms with Crippen molar-refractivity contribution in [3.63, 3.8) is 0 Å². The number of carbonyl (C=O) groups is 1. The highest BCUT2D eigenvalue weighted by Crippen LogP contribution is 2.15. The molecule has 2 N–H and O–H groups in total. The molecule has 0 unspecified atom stereocenters. The molecule has 1 heterocycles. The van der Waals surface area contributed by atoms with Crippen LogP contribution in [0, 0.1) is 17.6 Å². The number of hydrogen-bond donors (Lipinski definition) is 2. The van der Waals surface area contributed by atoms with Gasteiger partial charge in [0.15, 0.2) is 11.6 Å². The second-order valence-electron chi connectivity index (χ2n) is 4.74. The zero-order valence-electron chi connectivity index (χ0n) is 11.1. The summed E-state index contributed by atoms with van der Waals surface area (Å²) < 4.78 is 30.9. The summed E-state index contributed by atoms with van der Waals surface area (Å²) in [6, 6.07) is 3.36. The van der Waals surface area contributed by atoms with E-state index in [9.17, 15) is 13.6 Å². The predicted octanol–water partition coefficient (Wildman–Crippen LogP) is 1.46. The first-order chi connectivity index (χ1) is 9.66. The van der Waals surface area contributed by atoms with E-state index in [0.29, 0.717) is 6.54 Å². The third-order valence-corrected chi connectivity index (χ3v) is 3.27. The molecule has 1 fully saturated rings. The molecule has 4 nitrogen and oxygen atoms in total. The lowest BCUT2D eigenvalue weighted by Gasteiger charge is -2.21. The Kier molecular flexibility index (Phi) is 5.29. The molecule has 20 heavy (non-hydrogen) atoms. The molecule has 0 aromatic heterocycles. The fraction of sp³-hybridized carbons (Fsp3) is 0.500. The summed E-state index contributed by atoms with van der Waals surface area (Å²) in [6.45, 7) is 2.30. The van der Waals surface area contributed by atoms with Crippen molar-refractivity contribution in [2.75, 3.05) is 26.2 Å². The van der Waals surface area contributed by atoms with E-state index in [0.717, 1.165) is 38.1 Å². The van der Waals surface area contributed by atoms with Gasteiger partial charge in [-0.05, 0) is 38.1 Å². The molecule has 0 saturated carbocycles. The van der Waals surface area contributed by atoms with Crippen LogP contribution in [0.4, 0.5) is 8.78 Å². The Balaban J connectivity index is 1.68. The van der Waals surface area contributed by atoms with E-state index in [1.807, 2.05) is 0 Å². The van der Waals surface area contributed by atoms with Gasteiger partial charge in [-0.25, -0.2) is 8.78 Å². The van der Waals surface area contributed by atoms with Crippen molar-refractivity contribution in [2.24, 2.45) is 5.92 Å². The molecule has 1 aromatic carbocycles. The number of ether oxygens (including phenoxy) is 1. The SMILES string of the molecule is O=C(NCCOc1ccc(F)c(F)c1)C1CCNCC1. The van der Waals surface area contributed by atoms with Gasteiger partial charge in [0.1, 0.15) is 12.4 Å². The van der Waals surface area contributed by atoms with Crippen LogP contribution in [0.3, 0.4) is 0 Å². The molecule has 1 aromatic rings. The molecule has 110 valence electrons. The Hall–Kier alpha value is -1.69. The van der Waals surface area contributed by atoms with Crippen molar-refractivity contribution >= 4 is 5.91 Å². The maximum atomic E-state index is 12.9. The molecule has 1 amide bonds. The maximum Gasteiger partial charge on any atom is 0.223 e. The lowest BCUT2D eigenvalue weighted by atomic mass is 9.97. The van der Waals surface area contributed by atoms with E-state index in [2.05, 4.69) is 10.6 Å². The van der Waals surface area contributed by atoms with E-state index in [-0.39, 0.29) is 24.2 Å². The summed E-state index contributed by atoms with van der Waals surface area (Å²) in [5, 5.41) is 5.99. The summed E-state index contributed by atoms with van der Waals surface area (Å²) >= 11 is 0. The van der Waals surface area contributed by atoms with E-state index < -0.39 is 11.6 Å².